The van der Waals surface area contributed by atoms with E-state index in [4.69, 9.17) is 19.4 Å². The first-order chi connectivity index (χ1) is 14.8. The quantitative estimate of drug-likeness (QED) is 0.536. The van der Waals surface area contributed by atoms with Gasteiger partial charge in [0, 0.05) is 23.8 Å². The molecular weight excluding hydrogens is 398 g/mol. The van der Waals surface area contributed by atoms with E-state index in [1.165, 1.54) is 28.7 Å². The first-order valence-electron chi connectivity index (χ1n) is 10.3. The molecule has 0 amide bonds. The molecule has 0 saturated carbocycles. The second-order valence-corrected chi connectivity index (χ2v) is 8.63. The molecule has 0 fully saturated rings. The maximum atomic E-state index is 5.73. The van der Waals surface area contributed by atoms with Crippen LogP contribution in [-0.4, -0.2) is 33.0 Å². The van der Waals surface area contributed by atoms with Gasteiger partial charge in [0.05, 0.1) is 5.39 Å². The van der Waals surface area contributed by atoms with Crippen molar-refractivity contribution < 1.29 is 9.47 Å². The van der Waals surface area contributed by atoms with Crippen LogP contribution < -0.4 is 14.8 Å². The second kappa shape index (κ2) is 7.28. The Bertz CT molecular complexity index is 1220. The fourth-order valence-electron chi connectivity index (χ4n) is 4.15. The van der Waals surface area contributed by atoms with Gasteiger partial charge in [0.2, 0.25) is 0 Å². The number of ether oxygens (including phenoxy) is 2. The average Bonchev–Trinajstić information content (AvgIpc) is 3.45. The highest BCUT2D eigenvalue weighted by Crippen LogP contribution is 2.39. The minimum Gasteiger partial charge on any atom is -0.486 e. The lowest BCUT2D eigenvalue weighted by atomic mass is 9.97. The van der Waals surface area contributed by atoms with Crippen LogP contribution in [0.5, 0.6) is 11.5 Å². The zero-order valence-electron chi connectivity index (χ0n) is 16.4. The molecule has 7 nitrogen and oxygen atoms in total. The van der Waals surface area contributed by atoms with Crippen LogP contribution in [0.3, 0.4) is 0 Å². The van der Waals surface area contributed by atoms with E-state index in [2.05, 4.69) is 16.5 Å². The summed E-state index contributed by atoms with van der Waals surface area (Å²) in [5.41, 5.74) is 2.54. The van der Waals surface area contributed by atoms with Gasteiger partial charge >= 0.3 is 0 Å². The molecule has 4 aromatic rings. The lowest BCUT2D eigenvalue weighted by Gasteiger charge is -2.19. The van der Waals surface area contributed by atoms with Crippen molar-refractivity contribution in [2.45, 2.75) is 32.2 Å². The number of hydrogen-bond donors (Lipinski definition) is 1. The first kappa shape index (κ1) is 17.7. The topological polar surface area (TPSA) is 74.1 Å². The van der Waals surface area contributed by atoms with E-state index in [1.54, 1.807) is 22.2 Å². The molecule has 0 bridgehead atoms. The number of thiophene rings is 1. The van der Waals surface area contributed by atoms with Crippen LogP contribution in [0.15, 0.2) is 36.7 Å². The van der Waals surface area contributed by atoms with Crippen molar-refractivity contribution >= 4 is 27.4 Å². The van der Waals surface area contributed by atoms with Gasteiger partial charge in [-0.1, -0.05) is 6.07 Å². The summed E-state index contributed by atoms with van der Waals surface area (Å²) in [5, 5.41) is 9.06. The largest absolute Gasteiger partial charge is 0.486 e. The van der Waals surface area contributed by atoms with Crippen molar-refractivity contribution in [1.82, 2.24) is 19.7 Å². The van der Waals surface area contributed by atoms with Crippen LogP contribution in [0, 0.1) is 0 Å². The molecule has 152 valence electrons. The summed E-state index contributed by atoms with van der Waals surface area (Å²) < 4.78 is 13.1. The van der Waals surface area contributed by atoms with Gasteiger partial charge in [-0.3, -0.25) is 0 Å². The summed E-state index contributed by atoms with van der Waals surface area (Å²) >= 11 is 1.80. The Hall–Kier alpha value is -3.13. The van der Waals surface area contributed by atoms with Crippen LogP contribution in [0.4, 0.5) is 5.82 Å². The number of anilines is 1. The molecule has 1 aliphatic heterocycles. The number of aryl methyl sites for hydroxylation is 2. The molecule has 1 N–H and O–H groups in total. The first-order valence-corrected chi connectivity index (χ1v) is 11.1. The molecule has 6 rings (SSSR count). The SMILES string of the molecule is c1cnn(-c2nc(NCc3ccc4c(c3)OCCO4)c3c4c(sc3n2)CCCC4)c1. The molecule has 30 heavy (non-hydrogen) atoms. The smallest absolute Gasteiger partial charge is 0.253 e. The molecule has 0 saturated heterocycles. The van der Waals surface area contributed by atoms with Gasteiger partial charge in [-0.15, -0.1) is 11.3 Å². The monoisotopic (exact) mass is 419 g/mol. The van der Waals surface area contributed by atoms with Crippen LogP contribution in [0.1, 0.15) is 28.8 Å². The maximum Gasteiger partial charge on any atom is 0.253 e. The van der Waals surface area contributed by atoms with E-state index in [-0.39, 0.29) is 0 Å². The van der Waals surface area contributed by atoms with Crippen LogP contribution in [0.2, 0.25) is 0 Å². The fraction of sp³-hybridized carbons (Fsp3) is 0.318. The van der Waals surface area contributed by atoms with Gasteiger partial charge in [0.15, 0.2) is 11.5 Å². The maximum absolute atomic E-state index is 5.73. The van der Waals surface area contributed by atoms with Crippen LogP contribution in [-0.2, 0) is 19.4 Å². The molecule has 4 heterocycles. The minimum atomic E-state index is 0.588. The van der Waals surface area contributed by atoms with Gasteiger partial charge in [-0.2, -0.15) is 15.1 Å². The molecule has 0 unspecified atom stereocenters. The van der Waals surface area contributed by atoms with Crippen molar-refractivity contribution in [3.05, 3.63) is 52.7 Å². The molecule has 1 aromatic carbocycles. The Labute approximate surface area is 177 Å². The normalized spacial score (nSPS) is 15.2. The third-order valence-corrected chi connectivity index (χ3v) is 6.76. The summed E-state index contributed by atoms with van der Waals surface area (Å²) in [7, 11) is 0. The zero-order valence-corrected chi connectivity index (χ0v) is 17.2. The van der Waals surface area contributed by atoms with Crippen molar-refractivity contribution in [2.24, 2.45) is 0 Å². The Morgan fingerprint density at radius 1 is 1.07 bits per heavy atom. The number of fused-ring (bicyclic) bond motifs is 4. The van der Waals surface area contributed by atoms with Crippen molar-refractivity contribution in [1.29, 1.82) is 0 Å². The van der Waals surface area contributed by atoms with E-state index in [0.717, 1.165) is 40.6 Å². The molecule has 2 aliphatic rings. The Kier molecular flexibility index (Phi) is 4.30. The van der Waals surface area contributed by atoms with Gasteiger partial charge in [-0.25, -0.2) is 4.68 Å². The summed E-state index contributed by atoms with van der Waals surface area (Å²) in [6.45, 7) is 1.83. The van der Waals surface area contributed by atoms with Gasteiger partial charge in [-0.05, 0) is 55.0 Å². The van der Waals surface area contributed by atoms with Crippen LogP contribution >= 0.6 is 11.3 Å². The third kappa shape index (κ3) is 3.08. The predicted octanol–water partition coefficient (Wildman–Crippen LogP) is 4.14. The van der Waals surface area contributed by atoms with Gasteiger partial charge in [0.1, 0.15) is 23.9 Å². The highest BCUT2D eigenvalue weighted by Gasteiger charge is 2.22. The molecule has 1 aliphatic carbocycles. The number of nitrogens with one attached hydrogen (secondary N) is 1. The number of rotatable bonds is 4. The summed E-state index contributed by atoms with van der Waals surface area (Å²) in [6, 6.07) is 7.96. The van der Waals surface area contributed by atoms with Crippen molar-refractivity contribution in [2.75, 3.05) is 18.5 Å². The number of hydrogen-bond acceptors (Lipinski definition) is 7. The predicted molar refractivity (Wildman–Crippen MR) is 116 cm³/mol. The third-order valence-electron chi connectivity index (χ3n) is 5.58. The van der Waals surface area contributed by atoms with E-state index in [9.17, 15) is 0 Å². The Morgan fingerprint density at radius 3 is 2.87 bits per heavy atom. The highest BCUT2D eigenvalue weighted by molar-refractivity contribution is 7.19. The number of nitrogens with zero attached hydrogens (tertiary/aromatic N) is 4. The molecular formula is C22H21N5O2S. The van der Waals surface area contributed by atoms with Gasteiger partial charge < -0.3 is 14.8 Å². The standard InChI is InChI=1S/C22H21N5O2S/c1-2-5-18-15(4-1)19-20(25-22(26-21(19)30-18)27-9-3-8-24-27)23-13-14-6-7-16-17(12-14)29-11-10-28-16/h3,6-9,12H,1-2,4-5,10-11,13H2,(H,23,25,26). The van der Waals surface area contributed by atoms with E-state index >= 15 is 0 Å². The highest BCUT2D eigenvalue weighted by atomic mass is 32.1. The fourth-order valence-corrected chi connectivity index (χ4v) is 5.40. The number of benzene rings is 1. The Morgan fingerprint density at radius 2 is 1.97 bits per heavy atom. The molecule has 0 radical (unpaired) electrons. The van der Waals surface area contributed by atoms with E-state index < -0.39 is 0 Å². The molecule has 3 aromatic heterocycles. The molecule has 8 heteroatoms. The number of aromatic nitrogens is 4. The lowest BCUT2D eigenvalue weighted by molar-refractivity contribution is 0.171. The Balaban J connectivity index is 1.39. The molecule has 0 atom stereocenters. The van der Waals surface area contributed by atoms with Crippen LogP contribution in [0.25, 0.3) is 16.2 Å². The molecule has 0 spiro atoms. The van der Waals surface area contributed by atoms with Crippen molar-refractivity contribution in [3.63, 3.8) is 0 Å². The zero-order chi connectivity index (χ0) is 19.9. The second-order valence-electron chi connectivity index (χ2n) is 7.55. The van der Waals surface area contributed by atoms with Crippen molar-refractivity contribution in [3.8, 4) is 17.4 Å². The lowest BCUT2D eigenvalue weighted by Crippen LogP contribution is -2.15. The minimum absolute atomic E-state index is 0.588. The van der Waals surface area contributed by atoms with Gasteiger partial charge in [0.25, 0.3) is 5.95 Å². The van der Waals surface area contributed by atoms with E-state index in [1.807, 2.05) is 24.4 Å². The summed E-state index contributed by atoms with van der Waals surface area (Å²) in [6.07, 6.45) is 8.32. The summed E-state index contributed by atoms with van der Waals surface area (Å²) in [4.78, 5) is 12.2. The van der Waals surface area contributed by atoms with E-state index in [0.29, 0.717) is 25.7 Å². The average molecular weight is 420 g/mol. The summed E-state index contributed by atoms with van der Waals surface area (Å²) in [5.74, 6) is 3.08.